The van der Waals surface area contributed by atoms with Gasteiger partial charge in [-0.05, 0) is 30.2 Å². The third-order valence-corrected chi connectivity index (χ3v) is 4.25. The molecular weight excluding hydrogens is 353 g/mol. The standard InChI is InChI=1S/C19H18FN3O4/c1-11(25)21-9-14-7-15(19(26)23-14)13-3-4-17(16(20)6-13)27-18-5-2-12(10-24)8-22-18/h2-6,8,10,14-15H,7,9H2,1H3,(H,21,25)(H,23,26). The van der Waals surface area contributed by atoms with Crippen molar-refractivity contribution in [2.24, 2.45) is 0 Å². The zero-order chi connectivity index (χ0) is 19.4. The van der Waals surface area contributed by atoms with Crippen molar-refractivity contribution in [3.05, 3.63) is 53.5 Å². The number of halogens is 1. The number of rotatable bonds is 6. The summed E-state index contributed by atoms with van der Waals surface area (Å²) in [7, 11) is 0. The van der Waals surface area contributed by atoms with Crippen LogP contribution >= 0.6 is 0 Å². The number of nitrogens with one attached hydrogen (secondary N) is 2. The molecule has 3 rings (SSSR count). The van der Waals surface area contributed by atoms with Gasteiger partial charge < -0.3 is 15.4 Å². The number of carbonyl (C=O) groups is 3. The summed E-state index contributed by atoms with van der Waals surface area (Å²) in [5, 5.41) is 5.46. The fourth-order valence-electron chi connectivity index (χ4n) is 2.89. The Labute approximate surface area is 154 Å². The maximum absolute atomic E-state index is 14.4. The molecule has 7 nitrogen and oxygen atoms in total. The Morgan fingerprint density at radius 2 is 2.22 bits per heavy atom. The number of hydrogen-bond acceptors (Lipinski definition) is 5. The van der Waals surface area contributed by atoms with Gasteiger partial charge in [0.1, 0.15) is 0 Å². The molecule has 2 N–H and O–H groups in total. The van der Waals surface area contributed by atoms with Crippen LogP contribution in [0.4, 0.5) is 4.39 Å². The van der Waals surface area contributed by atoms with Crippen LogP contribution in [0.2, 0.25) is 0 Å². The molecule has 0 radical (unpaired) electrons. The first-order valence-corrected chi connectivity index (χ1v) is 8.39. The van der Waals surface area contributed by atoms with E-state index in [1.54, 1.807) is 6.07 Å². The van der Waals surface area contributed by atoms with Crippen molar-refractivity contribution >= 4 is 18.1 Å². The third kappa shape index (κ3) is 4.46. The second-order valence-corrected chi connectivity index (χ2v) is 6.27. The van der Waals surface area contributed by atoms with Crippen LogP contribution in [-0.4, -0.2) is 35.7 Å². The summed E-state index contributed by atoms with van der Waals surface area (Å²) in [6.45, 7) is 1.74. The highest BCUT2D eigenvalue weighted by Crippen LogP contribution is 2.31. The van der Waals surface area contributed by atoms with Gasteiger partial charge in [0.05, 0.1) is 5.92 Å². The average Bonchev–Trinajstić information content (AvgIpc) is 3.03. The number of aromatic nitrogens is 1. The molecule has 1 fully saturated rings. The fourth-order valence-corrected chi connectivity index (χ4v) is 2.89. The predicted octanol–water partition coefficient (Wildman–Crippen LogP) is 1.93. The van der Waals surface area contributed by atoms with E-state index in [1.165, 1.54) is 37.4 Å². The smallest absolute Gasteiger partial charge is 0.227 e. The molecule has 27 heavy (non-hydrogen) atoms. The van der Waals surface area contributed by atoms with E-state index < -0.39 is 11.7 Å². The van der Waals surface area contributed by atoms with Crippen LogP contribution < -0.4 is 15.4 Å². The number of hydrogen-bond donors (Lipinski definition) is 2. The van der Waals surface area contributed by atoms with Gasteiger partial charge in [0.15, 0.2) is 17.9 Å². The van der Waals surface area contributed by atoms with Crippen molar-refractivity contribution in [1.29, 1.82) is 0 Å². The molecule has 2 unspecified atom stereocenters. The molecule has 1 aliphatic rings. The molecule has 2 heterocycles. The van der Waals surface area contributed by atoms with Gasteiger partial charge in [-0.3, -0.25) is 14.4 Å². The Kier molecular flexibility index (Phi) is 5.44. The van der Waals surface area contributed by atoms with Gasteiger partial charge in [0, 0.05) is 37.3 Å². The van der Waals surface area contributed by atoms with E-state index >= 15 is 0 Å². The van der Waals surface area contributed by atoms with Gasteiger partial charge in [0.2, 0.25) is 17.7 Å². The molecule has 2 atom stereocenters. The maximum atomic E-state index is 14.4. The molecule has 1 aliphatic heterocycles. The van der Waals surface area contributed by atoms with E-state index in [0.29, 0.717) is 30.4 Å². The van der Waals surface area contributed by atoms with E-state index in [-0.39, 0.29) is 29.5 Å². The number of amides is 2. The molecule has 2 amide bonds. The Balaban J connectivity index is 1.69. The van der Waals surface area contributed by atoms with E-state index in [2.05, 4.69) is 15.6 Å². The van der Waals surface area contributed by atoms with Crippen LogP contribution in [0.1, 0.15) is 35.2 Å². The largest absolute Gasteiger partial charge is 0.436 e. The lowest BCUT2D eigenvalue weighted by Gasteiger charge is -2.11. The molecule has 1 aromatic heterocycles. The number of pyridine rings is 1. The fraction of sp³-hybridized carbons (Fsp3) is 0.263. The highest BCUT2D eigenvalue weighted by Gasteiger charge is 2.33. The highest BCUT2D eigenvalue weighted by molar-refractivity contribution is 5.86. The van der Waals surface area contributed by atoms with Gasteiger partial charge >= 0.3 is 0 Å². The van der Waals surface area contributed by atoms with Crippen molar-refractivity contribution in [1.82, 2.24) is 15.6 Å². The van der Waals surface area contributed by atoms with Crippen molar-refractivity contribution in [2.45, 2.75) is 25.3 Å². The van der Waals surface area contributed by atoms with Crippen molar-refractivity contribution in [3.63, 3.8) is 0 Å². The van der Waals surface area contributed by atoms with Gasteiger partial charge in [-0.15, -0.1) is 0 Å². The number of nitrogens with zero attached hydrogens (tertiary/aromatic N) is 1. The van der Waals surface area contributed by atoms with Crippen LogP contribution in [-0.2, 0) is 9.59 Å². The summed E-state index contributed by atoms with van der Waals surface area (Å²) in [6, 6.07) is 7.12. The quantitative estimate of drug-likeness (QED) is 0.757. The van der Waals surface area contributed by atoms with E-state index in [0.717, 1.165) is 0 Å². The normalized spacial score (nSPS) is 18.7. The zero-order valence-corrected chi connectivity index (χ0v) is 14.6. The molecule has 0 aliphatic carbocycles. The molecule has 8 heteroatoms. The number of benzene rings is 1. The van der Waals surface area contributed by atoms with Crippen molar-refractivity contribution < 1.29 is 23.5 Å². The molecule has 2 aromatic rings. The Bertz CT molecular complexity index is 870. The molecule has 1 saturated heterocycles. The average molecular weight is 371 g/mol. The van der Waals surface area contributed by atoms with E-state index in [9.17, 15) is 18.8 Å². The molecule has 0 spiro atoms. The second-order valence-electron chi connectivity index (χ2n) is 6.27. The minimum atomic E-state index is -0.619. The summed E-state index contributed by atoms with van der Waals surface area (Å²) in [5.41, 5.74) is 0.922. The highest BCUT2D eigenvalue weighted by atomic mass is 19.1. The summed E-state index contributed by atoms with van der Waals surface area (Å²) in [6.07, 6.45) is 2.44. The molecule has 1 aromatic carbocycles. The monoisotopic (exact) mass is 371 g/mol. The zero-order valence-electron chi connectivity index (χ0n) is 14.6. The minimum Gasteiger partial charge on any atom is -0.436 e. The number of ether oxygens (including phenoxy) is 1. The molecule has 140 valence electrons. The first kappa shape index (κ1) is 18.5. The SMILES string of the molecule is CC(=O)NCC1CC(c2ccc(Oc3ccc(C=O)cn3)c(F)c2)C(=O)N1. The van der Waals surface area contributed by atoms with Gasteiger partial charge in [-0.25, -0.2) is 9.37 Å². The second kappa shape index (κ2) is 7.94. The topological polar surface area (TPSA) is 97.4 Å². The Morgan fingerprint density at radius 3 is 2.85 bits per heavy atom. The minimum absolute atomic E-state index is 0.0293. The first-order valence-electron chi connectivity index (χ1n) is 8.39. The number of carbonyl (C=O) groups excluding carboxylic acids is 3. The van der Waals surface area contributed by atoms with Crippen LogP contribution in [0.25, 0.3) is 0 Å². The molecule has 0 saturated carbocycles. The predicted molar refractivity (Wildman–Crippen MR) is 94.1 cm³/mol. The van der Waals surface area contributed by atoms with E-state index in [1.807, 2.05) is 0 Å². The number of aldehydes is 1. The summed E-state index contributed by atoms with van der Waals surface area (Å²) >= 11 is 0. The van der Waals surface area contributed by atoms with Crippen molar-refractivity contribution in [2.75, 3.05) is 6.54 Å². The van der Waals surface area contributed by atoms with Gasteiger partial charge in [0.25, 0.3) is 0 Å². The van der Waals surface area contributed by atoms with Crippen LogP contribution in [0.5, 0.6) is 11.6 Å². The lowest BCUT2D eigenvalue weighted by molar-refractivity contribution is -0.121. The lowest BCUT2D eigenvalue weighted by atomic mass is 9.95. The summed E-state index contributed by atoms with van der Waals surface area (Å²) in [4.78, 5) is 37.7. The van der Waals surface area contributed by atoms with Crippen LogP contribution in [0.15, 0.2) is 36.5 Å². The third-order valence-electron chi connectivity index (χ3n) is 4.25. The van der Waals surface area contributed by atoms with Crippen molar-refractivity contribution in [3.8, 4) is 11.6 Å². The Hall–Kier alpha value is -3.29. The maximum Gasteiger partial charge on any atom is 0.227 e. The van der Waals surface area contributed by atoms with Crippen LogP contribution in [0.3, 0.4) is 0 Å². The van der Waals surface area contributed by atoms with E-state index in [4.69, 9.17) is 4.74 Å². The summed E-state index contributed by atoms with van der Waals surface area (Å²) < 4.78 is 19.8. The Morgan fingerprint density at radius 1 is 1.41 bits per heavy atom. The van der Waals surface area contributed by atoms with Gasteiger partial charge in [-0.1, -0.05) is 6.07 Å². The lowest BCUT2D eigenvalue weighted by Crippen LogP contribution is -2.37. The molecule has 0 bridgehead atoms. The first-order chi connectivity index (χ1) is 13.0. The summed E-state index contributed by atoms with van der Waals surface area (Å²) in [5.74, 6) is -1.36. The van der Waals surface area contributed by atoms with Gasteiger partial charge in [-0.2, -0.15) is 0 Å². The van der Waals surface area contributed by atoms with Crippen LogP contribution in [0, 0.1) is 5.82 Å². The molecular formula is C19H18FN3O4.